The number of pyridine rings is 1. The number of hydrogen-bond acceptors (Lipinski definition) is 8. The number of benzene rings is 1. The second-order valence-corrected chi connectivity index (χ2v) is 9.85. The molecular formula is C27H36N4O4. The molecule has 1 aromatic carbocycles. The highest BCUT2D eigenvalue weighted by Gasteiger charge is 2.25. The van der Waals surface area contributed by atoms with Gasteiger partial charge in [0.1, 0.15) is 12.4 Å². The lowest BCUT2D eigenvalue weighted by Gasteiger charge is -2.32. The third-order valence-electron chi connectivity index (χ3n) is 6.95. The Morgan fingerprint density at radius 3 is 2.66 bits per heavy atom. The van der Waals surface area contributed by atoms with E-state index in [4.69, 9.17) is 18.7 Å². The Balaban J connectivity index is 1.21. The van der Waals surface area contributed by atoms with Gasteiger partial charge in [-0.15, -0.1) is 0 Å². The van der Waals surface area contributed by atoms with Gasteiger partial charge in [0, 0.05) is 24.7 Å². The number of fused-ring (bicyclic) bond motifs is 1. The van der Waals surface area contributed by atoms with E-state index in [1.54, 1.807) is 6.20 Å². The van der Waals surface area contributed by atoms with Crippen LogP contribution in [0.5, 0.6) is 5.75 Å². The van der Waals surface area contributed by atoms with Crippen molar-refractivity contribution in [2.45, 2.75) is 45.1 Å². The summed E-state index contributed by atoms with van der Waals surface area (Å²) in [5, 5.41) is 5.58. The van der Waals surface area contributed by atoms with Crippen molar-refractivity contribution >= 4 is 11.0 Å². The van der Waals surface area contributed by atoms with Gasteiger partial charge in [-0.25, -0.2) is 0 Å². The van der Waals surface area contributed by atoms with Crippen molar-refractivity contribution in [3.05, 3.63) is 53.5 Å². The van der Waals surface area contributed by atoms with Crippen LogP contribution in [0.4, 0.5) is 0 Å². The monoisotopic (exact) mass is 480 g/mol. The van der Waals surface area contributed by atoms with Gasteiger partial charge in [0.25, 0.3) is 0 Å². The molecule has 2 fully saturated rings. The van der Waals surface area contributed by atoms with Crippen molar-refractivity contribution in [1.29, 1.82) is 0 Å². The SMILES string of the molecule is CN(C)Cc1c(OCc2ccccn2)ccc2c(CCC3CCN(CC4OCCO4)CC3)noc12. The number of nitrogens with zero attached hydrogens (tertiary/aromatic N) is 4. The molecule has 3 aromatic rings. The topological polar surface area (TPSA) is 73.1 Å². The fourth-order valence-corrected chi connectivity index (χ4v) is 5.03. The third-order valence-corrected chi connectivity index (χ3v) is 6.95. The molecule has 0 spiro atoms. The van der Waals surface area contributed by atoms with Crippen LogP contribution in [0.3, 0.4) is 0 Å². The maximum absolute atomic E-state index is 6.15. The zero-order valence-corrected chi connectivity index (χ0v) is 20.8. The van der Waals surface area contributed by atoms with E-state index < -0.39 is 0 Å². The van der Waals surface area contributed by atoms with Gasteiger partial charge < -0.3 is 23.6 Å². The molecule has 0 radical (unpaired) electrons. The van der Waals surface area contributed by atoms with E-state index in [9.17, 15) is 0 Å². The average Bonchev–Trinajstić information content (AvgIpc) is 3.53. The Morgan fingerprint density at radius 2 is 1.91 bits per heavy atom. The van der Waals surface area contributed by atoms with E-state index in [1.165, 1.54) is 12.8 Å². The molecule has 2 aromatic heterocycles. The molecule has 8 nitrogen and oxygen atoms in total. The normalized spacial score (nSPS) is 18.1. The lowest BCUT2D eigenvalue weighted by atomic mass is 9.91. The Bertz CT molecular complexity index is 1070. The molecule has 4 heterocycles. The van der Waals surface area contributed by atoms with Crippen molar-refractivity contribution in [3.63, 3.8) is 0 Å². The van der Waals surface area contributed by atoms with Crippen LogP contribution in [-0.4, -0.2) is 73.2 Å². The third kappa shape index (κ3) is 6.19. The summed E-state index contributed by atoms with van der Waals surface area (Å²) in [4.78, 5) is 8.96. The molecule has 35 heavy (non-hydrogen) atoms. The number of rotatable bonds is 10. The Morgan fingerprint density at radius 1 is 1.09 bits per heavy atom. The number of aromatic nitrogens is 2. The number of ether oxygens (including phenoxy) is 3. The molecule has 0 atom stereocenters. The van der Waals surface area contributed by atoms with Gasteiger partial charge in [-0.1, -0.05) is 11.2 Å². The zero-order chi connectivity index (χ0) is 24.0. The van der Waals surface area contributed by atoms with E-state index in [0.29, 0.717) is 12.5 Å². The summed E-state index contributed by atoms with van der Waals surface area (Å²) < 4.78 is 23.3. The van der Waals surface area contributed by atoms with E-state index in [-0.39, 0.29) is 6.29 Å². The molecule has 188 valence electrons. The molecule has 0 aliphatic carbocycles. The molecule has 2 saturated heterocycles. The molecule has 0 saturated carbocycles. The van der Waals surface area contributed by atoms with Crippen LogP contribution in [0, 0.1) is 5.92 Å². The average molecular weight is 481 g/mol. The van der Waals surface area contributed by atoms with Crippen LogP contribution in [0.25, 0.3) is 11.0 Å². The fraction of sp³-hybridized carbons (Fsp3) is 0.556. The van der Waals surface area contributed by atoms with Gasteiger partial charge in [-0.3, -0.25) is 9.88 Å². The summed E-state index contributed by atoms with van der Waals surface area (Å²) in [5.74, 6) is 1.53. The maximum atomic E-state index is 6.15. The van der Waals surface area contributed by atoms with Crippen molar-refractivity contribution in [3.8, 4) is 5.75 Å². The first-order valence-electron chi connectivity index (χ1n) is 12.7. The number of hydrogen-bond donors (Lipinski definition) is 0. The highest BCUT2D eigenvalue weighted by atomic mass is 16.7. The minimum Gasteiger partial charge on any atom is -0.487 e. The first-order valence-corrected chi connectivity index (χ1v) is 12.7. The van der Waals surface area contributed by atoms with E-state index in [0.717, 1.165) is 85.9 Å². The molecule has 8 heteroatoms. The van der Waals surface area contributed by atoms with Crippen molar-refractivity contribution in [2.75, 3.05) is 46.9 Å². The summed E-state index contributed by atoms with van der Waals surface area (Å²) in [7, 11) is 4.10. The van der Waals surface area contributed by atoms with Crippen molar-refractivity contribution < 1.29 is 18.7 Å². The zero-order valence-electron chi connectivity index (χ0n) is 20.8. The number of piperidine rings is 1. The van der Waals surface area contributed by atoms with Crippen molar-refractivity contribution in [1.82, 2.24) is 19.9 Å². The molecule has 2 aliphatic rings. The van der Waals surface area contributed by atoms with Gasteiger partial charge in [-0.05, 0) is 83.1 Å². The van der Waals surface area contributed by atoms with Crippen LogP contribution in [-0.2, 0) is 29.0 Å². The number of aryl methyl sites for hydroxylation is 1. The smallest absolute Gasteiger partial charge is 0.175 e. The highest BCUT2D eigenvalue weighted by molar-refractivity contribution is 5.84. The second-order valence-electron chi connectivity index (χ2n) is 9.85. The Kier molecular flexibility index (Phi) is 7.93. The minimum absolute atomic E-state index is 0.0396. The van der Waals surface area contributed by atoms with E-state index in [2.05, 4.69) is 46.2 Å². The van der Waals surface area contributed by atoms with Crippen LogP contribution < -0.4 is 4.74 Å². The quantitative estimate of drug-likeness (QED) is 0.433. The van der Waals surface area contributed by atoms with E-state index >= 15 is 0 Å². The number of likely N-dealkylation sites (tertiary alicyclic amines) is 1. The Labute approximate surface area is 207 Å². The molecule has 0 bridgehead atoms. The first-order chi connectivity index (χ1) is 17.2. The van der Waals surface area contributed by atoms with Crippen LogP contribution >= 0.6 is 0 Å². The highest BCUT2D eigenvalue weighted by Crippen LogP contribution is 2.33. The van der Waals surface area contributed by atoms with Gasteiger partial charge >= 0.3 is 0 Å². The largest absolute Gasteiger partial charge is 0.487 e. The second kappa shape index (κ2) is 11.5. The Hall–Kier alpha value is -2.52. The molecule has 2 aliphatic heterocycles. The van der Waals surface area contributed by atoms with Crippen LogP contribution in [0.2, 0.25) is 0 Å². The molecule has 5 rings (SSSR count). The molecule has 0 N–H and O–H groups in total. The molecular weight excluding hydrogens is 444 g/mol. The van der Waals surface area contributed by atoms with Crippen LogP contribution in [0.15, 0.2) is 41.1 Å². The van der Waals surface area contributed by atoms with Crippen molar-refractivity contribution in [2.24, 2.45) is 5.92 Å². The first kappa shape index (κ1) is 24.2. The standard InChI is InChI=1S/C27H36N4O4/c1-30(2)17-23-25(34-19-21-5-3-4-12-28-21)9-7-22-24(29-35-27(22)23)8-6-20-10-13-31(14-11-20)18-26-32-15-16-33-26/h3-5,7,9,12,20,26H,6,8,10-11,13-19H2,1-2H3. The summed E-state index contributed by atoms with van der Waals surface area (Å²) in [6, 6.07) is 10.00. The molecule has 0 unspecified atom stereocenters. The van der Waals surface area contributed by atoms with Crippen LogP contribution in [0.1, 0.15) is 36.2 Å². The summed E-state index contributed by atoms with van der Waals surface area (Å²) in [5.41, 5.74) is 3.81. The van der Waals surface area contributed by atoms with E-state index in [1.807, 2.05) is 18.2 Å². The van der Waals surface area contributed by atoms with Gasteiger partial charge in [-0.2, -0.15) is 0 Å². The lowest BCUT2D eigenvalue weighted by Crippen LogP contribution is -2.39. The van der Waals surface area contributed by atoms with Gasteiger partial charge in [0.05, 0.1) is 30.2 Å². The lowest BCUT2D eigenvalue weighted by molar-refractivity contribution is -0.0661. The maximum Gasteiger partial charge on any atom is 0.175 e. The van der Waals surface area contributed by atoms with Gasteiger partial charge in [0.15, 0.2) is 11.9 Å². The summed E-state index contributed by atoms with van der Waals surface area (Å²) >= 11 is 0. The fourth-order valence-electron chi connectivity index (χ4n) is 5.03. The minimum atomic E-state index is -0.0396. The summed E-state index contributed by atoms with van der Waals surface area (Å²) in [6.07, 6.45) is 6.23. The molecule has 0 amide bonds. The van der Waals surface area contributed by atoms with Gasteiger partial charge in [0.2, 0.25) is 0 Å². The predicted molar refractivity (Wildman–Crippen MR) is 133 cm³/mol. The summed E-state index contributed by atoms with van der Waals surface area (Å²) in [6.45, 7) is 5.69. The predicted octanol–water partition coefficient (Wildman–Crippen LogP) is 3.88.